The standard InChI is InChI=1S/C11H22N2S/c1-12(2)10-3-6-13(7-10)8-11(9-14)4-5-11/h10,14H,3-9H2,1-2H3. The molecule has 1 heterocycles. The number of rotatable bonds is 4. The van der Waals surface area contributed by atoms with Crippen LogP contribution in [0.15, 0.2) is 0 Å². The smallest absolute Gasteiger partial charge is 0.0229 e. The molecule has 2 rings (SSSR count). The predicted octanol–water partition coefficient (Wildman–Crippen LogP) is 1.33. The zero-order chi connectivity index (χ0) is 10.2. The zero-order valence-corrected chi connectivity index (χ0v) is 10.3. The molecule has 2 aliphatic rings. The summed E-state index contributed by atoms with van der Waals surface area (Å²) >= 11 is 4.46. The number of likely N-dealkylation sites (N-methyl/N-ethyl adjacent to an activating group) is 1. The van der Waals surface area contributed by atoms with Gasteiger partial charge >= 0.3 is 0 Å². The topological polar surface area (TPSA) is 6.48 Å². The first-order valence-corrected chi connectivity index (χ1v) is 6.28. The van der Waals surface area contributed by atoms with Crippen molar-refractivity contribution in [3.63, 3.8) is 0 Å². The van der Waals surface area contributed by atoms with Crippen LogP contribution in [0.5, 0.6) is 0 Å². The van der Waals surface area contributed by atoms with Crippen molar-refractivity contribution < 1.29 is 0 Å². The third kappa shape index (κ3) is 2.26. The lowest BCUT2D eigenvalue weighted by Gasteiger charge is -2.23. The zero-order valence-electron chi connectivity index (χ0n) is 9.37. The molecule has 0 aromatic carbocycles. The number of hydrogen-bond acceptors (Lipinski definition) is 3. The minimum atomic E-state index is 0.602. The molecule has 0 amide bonds. The molecule has 0 radical (unpaired) electrons. The average Bonchev–Trinajstić information content (AvgIpc) is 2.75. The van der Waals surface area contributed by atoms with Crippen LogP contribution < -0.4 is 0 Å². The first kappa shape index (κ1) is 10.8. The predicted molar refractivity (Wildman–Crippen MR) is 64.1 cm³/mol. The van der Waals surface area contributed by atoms with E-state index in [1.165, 1.54) is 38.9 Å². The summed E-state index contributed by atoms with van der Waals surface area (Å²) in [6, 6.07) is 0.783. The molecule has 0 aromatic heterocycles. The first-order chi connectivity index (χ1) is 6.65. The molecule has 0 aromatic rings. The summed E-state index contributed by atoms with van der Waals surface area (Å²) in [5.41, 5.74) is 0.602. The van der Waals surface area contributed by atoms with Crippen LogP contribution >= 0.6 is 12.6 Å². The van der Waals surface area contributed by atoms with E-state index >= 15 is 0 Å². The maximum absolute atomic E-state index is 4.46. The molecule has 1 aliphatic heterocycles. The molecule has 3 heteroatoms. The highest BCUT2D eigenvalue weighted by Gasteiger charge is 2.43. The largest absolute Gasteiger partial charge is 0.305 e. The fourth-order valence-corrected chi connectivity index (χ4v) is 2.81. The van der Waals surface area contributed by atoms with Gasteiger partial charge in [-0.2, -0.15) is 12.6 Å². The van der Waals surface area contributed by atoms with Gasteiger partial charge in [-0.1, -0.05) is 0 Å². The molecule has 2 fully saturated rings. The van der Waals surface area contributed by atoms with Gasteiger partial charge in [0.2, 0.25) is 0 Å². The molecule has 0 spiro atoms. The fourth-order valence-electron chi connectivity index (χ4n) is 2.39. The van der Waals surface area contributed by atoms with Gasteiger partial charge in [0.25, 0.3) is 0 Å². The van der Waals surface area contributed by atoms with Gasteiger partial charge in [-0.05, 0) is 51.1 Å². The van der Waals surface area contributed by atoms with Crippen LogP contribution in [0.2, 0.25) is 0 Å². The van der Waals surface area contributed by atoms with Crippen molar-refractivity contribution in [3.8, 4) is 0 Å². The van der Waals surface area contributed by atoms with E-state index in [-0.39, 0.29) is 0 Å². The highest BCUT2D eigenvalue weighted by Crippen LogP contribution is 2.47. The van der Waals surface area contributed by atoms with Crippen molar-refractivity contribution >= 4 is 12.6 Å². The summed E-state index contributed by atoms with van der Waals surface area (Å²) in [5, 5.41) is 0. The van der Waals surface area contributed by atoms with E-state index in [0.29, 0.717) is 5.41 Å². The Labute approximate surface area is 93.1 Å². The van der Waals surface area contributed by atoms with E-state index in [4.69, 9.17) is 0 Å². The highest BCUT2D eigenvalue weighted by molar-refractivity contribution is 7.80. The first-order valence-electron chi connectivity index (χ1n) is 5.65. The Bertz CT molecular complexity index is 201. The van der Waals surface area contributed by atoms with Crippen LogP contribution in [0.25, 0.3) is 0 Å². The third-order valence-electron chi connectivity index (χ3n) is 3.83. The van der Waals surface area contributed by atoms with Crippen molar-refractivity contribution in [3.05, 3.63) is 0 Å². The Morgan fingerprint density at radius 1 is 1.43 bits per heavy atom. The van der Waals surface area contributed by atoms with Crippen molar-refractivity contribution in [1.82, 2.24) is 9.80 Å². The summed E-state index contributed by atoms with van der Waals surface area (Å²) in [4.78, 5) is 4.99. The molecule has 2 nitrogen and oxygen atoms in total. The van der Waals surface area contributed by atoms with Gasteiger partial charge in [-0.15, -0.1) is 0 Å². The molecule has 1 unspecified atom stereocenters. The summed E-state index contributed by atoms with van der Waals surface area (Å²) in [5.74, 6) is 1.08. The second-order valence-corrected chi connectivity index (χ2v) is 5.62. The van der Waals surface area contributed by atoms with Gasteiger partial charge < -0.3 is 9.80 Å². The van der Waals surface area contributed by atoms with E-state index in [1.54, 1.807) is 0 Å². The summed E-state index contributed by atoms with van der Waals surface area (Å²) in [6.45, 7) is 3.85. The van der Waals surface area contributed by atoms with Gasteiger partial charge in [0.05, 0.1) is 0 Å². The van der Waals surface area contributed by atoms with Crippen LogP contribution in [0, 0.1) is 5.41 Å². The van der Waals surface area contributed by atoms with E-state index in [0.717, 1.165) is 11.8 Å². The molecule has 0 bridgehead atoms. The lowest BCUT2D eigenvalue weighted by atomic mass is 10.1. The Balaban J connectivity index is 1.79. The molecular weight excluding hydrogens is 192 g/mol. The maximum Gasteiger partial charge on any atom is 0.0229 e. The van der Waals surface area contributed by atoms with Crippen LogP contribution in [-0.4, -0.2) is 55.3 Å². The highest BCUT2D eigenvalue weighted by atomic mass is 32.1. The van der Waals surface area contributed by atoms with E-state index in [1.807, 2.05) is 0 Å². The minimum absolute atomic E-state index is 0.602. The summed E-state index contributed by atoms with van der Waals surface area (Å²) < 4.78 is 0. The number of thiol groups is 1. The molecule has 14 heavy (non-hydrogen) atoms. The second kappa shape index (κ2) is 4.03. The Kier molecular flexibility index (Phi) is 3.10. The molecule has 1 saturated carbocycles. The van der Waals surface area contributed by atoms with Gasteiger partial charge in [0.15, 0.2) is 0 Å². The van der Waals surface area contributed by atoms with Gasteiger partial charge in [0.1, 0.15) is 0 Å². The Morgan fingerprint density at radius 2 is 2.14 bits per heavy atom. The van der Waals surface area contributed by atoms with Gasteiger partial charge in [0, 0.05) is 19.1 Å². The molecule has 0 N–H and O–H groups in total. The van der Waals surface area contributed by atoms with Crippen molar-refractivity contribution in [2.45, 2.75) is 25.3 Å². The Morgan fingerprint density at radius 3 is 2.57 bits per heavy atom. The number of hydrogen-bond donors (Lipinski definition) is 1. The molecule has 1 saturated heterocycles. The van der Waals surface area contributed by atoms with Crippen molar-refractivity contribution in [1.29, 1.82) is 0 Å². The van der Waals surface area contributed by atoms with E-state index < -0.39 is 0 Å². The summed E-state index contributed by atoms with van der Waals surface area (Å²) in [7, 11) is 4.39. The Hall–Kier alpha value is 0.270. The molecule has 82 valence electrons. The molecule has 1 atom stereocenters. The van der Waals surface area contributed by atoms with E-state index in [9.17, 15) is 0 Å². The maximum atomic E-state index is 4.46. The monoisotopic (exact) mass is 214 g/mol. The van der Waals surface area contributed by atoms with Crippen LogP contribution in [-0.2, 0) is 0 Å². The molecular formula is C11H22N2S. The van der Waals surface area contributed by atoms with Crippen LogP contribution in [0.3, 0.4) is 0 Å². The third-order valence-corrected chi connectivity index (χ3v) is 4.50. The second-order valence-electron chi connectivity index (χ2n) is 5.30. The van der Waals surface area contributed by atoms with Crippen LogP contribution in [0.1, 0.15) is 19.3 Å². The van der Waals surface area contributed by atoms with E-state index in [2.05, 4.69) is 36.5 Å². The normalized spacial score (nSPS) is 31.3. The lowest BCUT2D eigenvalue weighted by Crippen LogP contribution is -2.34. The van der Waals surface area contributed by atoms with Gasteiger partial charge in [-0.25, -0.2) is 0 Å². The van der Waals surface area contributed by atoms with Crippen molar-refractivity contribution in [2.24, 2.45) is 5.41 Å². The quantitative estimate of drug-likeness (QED) is 0.706. The van der Waals surface area contributed by atoms with Crippen molar-refractivity contribution in [2.75, 3.05) is 39.5 Å². The van der Waals surface area contributed by atoms with Crippen LogP contribution in [0.4, 0.5) is 0 Å². The minimum Gasteiger partial charge on any atom is -0.305 e. The SMILES string of the molecule is CN(C)C1CCN(CC2(CS)CC2)C1. The lowest BCUT2D eigenvalue weighted by molar-refractivity contribution is 0.242. The summed E-state index contributed by atoms with van der Waals surface area (Å²) in [6.07, 6.45) is 4.15. The number of nitrogens with zero attached hydrogens (tertiary/aromatic N) is 2. The van der Waals surface area contributed by atoms with Gasteiger partial charge in [-0.3, -0.25) is 0 Å². The average molecular weight is 214 g/mol. The molecule has 1 aliphatic carbocycles. The fraction of sp³-hybridized carbons (Fsp3) is 1.00. The number of likely N-dealkylation sites (tertiary alicyclic amines) is 1.